The second-order valence-electron chi connectivity index (χ2n) is 13.1. The summed E-state index contributed by atoms with van der Waals surface area (Å²) < 4.78 is 0. The van der Waals surface area contributed by atoms with Crippen molar-refractivity contribution in [2.24, 2.45) is 0 Å². The molecule has 0 atom stereocenters. The van der Waals surface area contributed by atoms with Crippen LogP contribution >= 0.6 is 0 Å². The molecule has 0 fully saturated rings. The van der Waals surface area contributed by atoms with E-state index in [0.717, 1.165) is 40.4 Å². The van der Waals surface area contributed by atoms with Crippen molar-refractivity contribution in [1.29, 1.82) is 0 Å². The van der Waals surface area contributed by atoms with E-state index in [1.165, 1.54) is 66.4 Å². The lowest BCUT2D eigenvalue weighted by Gasteiger charge is -2.17. The molecule has 0 unspecified atom stereocenters. The van der Waals surface area contributed by atoms with Crippen LogP contribution in [-0.4, -0.2) is 19.3 Å². The van der Waals surface area contributed by atoms with Gasteiger partial charge in [-0.25, -0.2) is 0 Å². The van der Waals surface area contributed by atoms with Gasteiger partial charge >= 0.3 is 0 Å². The van der Waals surface area contributed by atoms with E-state index in [1.54, 1.807) is 7.05 Å². The zero-order valence-electron chi connectivity index (χ0n) is 30.7. The topological polar surface area (TPSA) is 35.5 Å². The van der Waals surface area contributed by atoms with Crippen molar-refractivity contribution in [2.75, 3.05) is 24.5 Å². The standard InChI is InChI=1S/C48H48N2O/c1-7-9-16-43-34(4)33(3)42(13-8-2)46-31-40(26-29-45(43)46)36-20-17-35(18-21-36)19-28-44(38-14-11-10-12-15-38)39-24-22-37(23-25-39)41-27-30-47(49-5)48(32-41)50(6)51/h8-18,20-32,49,51H,7,19H2,1-6H3/b13-8-,16-9-,44-28+. The third kappa shape index (κ3) is 7.60. The Hall–Kier alpha value is -5.64. The molecule has 6 aromatic carbocycles. The summed E-state index contributed by atoms with van der Waals surface area (Å²) in [5, 5.41) is 17.1. The lowest BCUT2D eigenvalue weighted by atomic mass is 9.88. The first-order chi connectivity index (χ1) is 24.8. The van der Waals surface area contributed by atoms with E-state index in [4.69, 9.17) is 0 Å². The number of nitrogens with zero attached hydrogens (tertiary/aromatic N) is 1. The van der Waals surface area contributed by atoms with Crippen molar-refractivity contribution >= 4 is 39.9 Å². The van der Waals surface area contributed by atoms with Crippen LogP contribution in [0.4, 0.5) is 11.4 Å². The number of benzene rings is 6. The molecule has 0 aliphatic heterocycles. The molecule has 3 nitrogen and oxygen atoms in total. The summed E-state index contributed by atoms with van der Waals surface area (Å²) in [6, 6.07) is 41.4. The minimum Gasteiger partial charge on any atom is -0.386 e. The van der Waals surface area contributed by atoms with Gasteiger partial charge in [0.1, 0.15) is 0 Å². The number of anilines is 2. The molecule has 51 heavy (non-hydrogen) atoms. The predicted molar refractivity (Wildman–Crippen MR) is 222 cm³/mol. The molecule has 6 aromatic rings. The normalized spacial score (nSPS) is 11.9. The maximum atomic E-state index is 10.2. The molecule has 0 amide bonds. The van der Waals surface area contributed by atoms with Gasteiger partial charge in [0.2, 0.25) is 0 Å². The molecule has 256 valence electrons. The fourth-order valence-corrected chi connectivity index (χ4v) is 6.93. The fourth-order valence-electron chi connectivity index (χ4n) is 6.93. The minimum atomic E-state index is 0.730. The van der Waals surface area contributed by atoms with Crippen LogP contribution in [0.25, 0.3) is 50.8 Å². The highest BCUT2D eigenvalue weighted by Gasteiger charge is 2.13. The first-order valence-electron chi connectivity index (χ1n) is 17.9. The Labute approximate surface area is 303 Å². The van der Waals surface area contributed by atoms with Crippen LogP contribution in [0.5, 0.6) is 0 Å². The van der Waals surface area contributed by atoms with Gasteiger partial charge in [-0.15, -0.1) is 0 Å². The number of hydrogen-bond acceptors (Lipinski definition) is 3. The lowest BCUT2D eigenvalue weighted by Crippen LogP contribution is -2.12. The van der Waals surface area contributed by atoms with Gasteiger partial charge in [-0.1, -0.05) is 134 Å². The van der Waals surface area contributed by atoms with Crippen LogP contribution < -0.4 is 10.4 Å². The van der Waals surface area contributed by atoms with Crippen LogP contribution in [-0.2, 0) is 6.42 Å². The van der Waals surface area contributed by atoms with E-state index >= 15 is 0 Å². The molecular formula is C48H48N2O. The average Bonchev–Trinajstić information content (AvgIpc) is 3.17. The van der Waals surface area contributed by atoms with Gasteiger partial charge in [0.15, 0.2) is 0 Å². The molecule has 0 heterocycles. The van der Waals surface area contributed by atoms with E-state index < -0.39 is 0 Å². The lowest BCUT2D eigenvalue weighted by molar-refractivity contribution is 0.280. The quantitative estimate of drug-likeness (QED) is 0.135. The maximum Gasteiger partial charge on any atom is 0.0868 e. The molecule has 0 spiro atoms. The molecule has 0 aliphatic carbocycles. The number of fused-ring (bicyclic) bond motifs is 1. The first kappa shape index (κ1) is 35.2. The van der Waals surface area contributed by atoms with E-state index in [-0.39, 0.29) is 0 Å². The van der Waals surface area contributed by atoms with E-state index in [1.807, 2.05) is 19.2 Å². The number of rotatable bonds is 11. The second kappa shape index (κ2) is 15.9. The molecule has 6 rings (SSSR count). The van der Waals surface area contributed by atoms with Crippen molar-refractivity contribution in [3.05, 3.63) is 172 Å². The third-order valence-electron chi connectivity index (χ3n) is 9.88. The Bertz CT molecular complexity index is 2220. The van der Waals surface area contributed by atoms with Gasteiger partial charge in [-0.2, -0.15) is 0 Å². The van der Waals surface area contributed by atoms with Gasteiger partial charge in [-0.3, -0.25) is 10.3 Å². The molecule has 0 aliphatic rings. The van der Waals surface area contributed by atoms with Crippen molar-refractivity contribution < 1.29 is 5.21 Å². The van der Waals surface area contributed by atoms with Crippen LogP contribution in [0.3, 0.4) is 0 Å². The highest BCUT2D eigenvalue weighted by atomic mass is 16.5. The Morgan fingerprint density at radius 1 is 0.686 bits per heavy atom. The van der Waals surface area contributed by atoms with Gasteiger partial charge in [0.25, 0.3) is 0 Å². The van der Waals surface area contributed by atoms with Crippen molar-refractivity contribution in [1.82, 2.24) is 0 Å². The Morgan fingerprint density at radius 2 is 1.27 bits per heavy atom. The van der Waals surface area contributed by atoms with E-state index in [2.05, 4.69) is 167 Å². The number of allylic oxidation sites excluding steroid dienone is 3. The first-order valence-corrected chi connectivity index (χ1v) is 17.9. The zero-order valence-corrected chi connectivity index (χ0v) is 30.7. The number of nitrogens with one attached hydrogen (secondary N) is 1. The smallest absolute Gasteiger partial charge is 0.0868 e. The minimum absolute atomic E-state index is 0.730. The molecule has 2 N–H and O–H groups in total. The summed E-state index contributed by atoms with van der Waals surface area (Å²) in [6.07, 6.45) is 13.1. The summed E-state index contributed by atoms with van der Waals surface area (Å²) in [6.45, 7) is 8.77. The molecule has 0 saturated heterocycles. The molecule has 0 aromatic heterocycles. The largest absolute Gasteiger partial charge is 0.386 e. The van der Waals surface area contributed by atoms with Crippen LogP contribution in [0.2, 0.25) is 0 Å². The van der Waals surface area contributed by atoms with Crippen LogP contribution in [0.1, 0.15) is 59.2 Å². The van der Waals surface area contributed by atoms with Crippen molar-refractivity contribution in [2.45, 2.75) is 40.5 Å². The Balaban J connectivity index is 1.30. The molecule has 0 saturated carbocycles. The average molecular weight is 669 g/mol. The van der Waals surface area contributed by atoms with E-state index in [9.17, 15) is 5.21 Å². The molecule has 0 radical (unpaired) electrons. The molecular weight excluding hydrogens is 621 g/mol. The summed E-state index contributed by atoms with van der Waals surface area (Å²) in [5.41, 5.74) is 16.3. The third-order valence-corrected chi connectivity index (χ3v) is 9.88. The highest BCUT2D eigenvalue weighted by molar-refractivity contribution is 6.01. The number of hydroxylamine groups is 1. The predicted octanol–water partition coefficient (Wildman–Crippen LogP) is 12.8. The van der Waals surface area contributed by atoms with E-state index in [0.29, 0.717) is 0 Å². The maximum absolute atomic E-state index is 10.2. The fraction of sp³-hybridized carbons (Fsp3) is 0.167. The summed E-state index contributed by atoms with van der Waals surface area (Å²) in [7, 11) is 3.50. The summed E-state index contributed by atoms with van der Waals surface area (Å²) >= 11 is 0. The molecule has 0 bridgehead atoms. The van der Waals surface area contributed by atoms with Gasteiger partial charge < -0.3 is 5.32 Å². The van der Waals surface area contributed by atoms with Crippen molar-refractivity contribution in [3.8, 4) is 22.3 Å². The highest BCUT2D eigenvalue weighted by Crippen LogP contribution is 2.36. The summed E-state index contributed by atoms with van der Waals surface area (Å²) in [5.74, 6) is 0. The van der Waals surface area contributed by atoms with Crippen LogP contribution in [0, 0.1) is 13.8 Å². The summed E-state index contributed by atoms with van der Waals surface area (Å²) in [4.78, 5) is 0. The zero-order chi connectivity index (χ0) is 35.9. The number of hydrogen-bond donors (Lipinski definition) is 2. The van der Waals surface area contributed by atoms with Gasteiger partial charge in [-0.05, 0) is 129 Å². The SMILES string of the molecule is C/C=C\c1c(C)c(C)c(/C=C\CC)c2ccc(-c3ccc(C/C=C(\c4ccccc4)c4ccc(-c5ccc(NC)c(N(C)O)c5)cc4)cc3)cc12. The second-order valence-corrected chi connectivity index (χ2v) is 13.1. The Morgan fingerprint density at radius 3 is 1.90 bits per heavy atom. The molecule has 3 heteroatoms. The van der Waals surface area contributed by atoms with Gasteiger partial charge in [0, 0.05) is 14.1 Å². The van der Waals surface area contributed by atoms with Crippen LogP contribution in [0.15, 0.2) is 133 Å². The Kier molecular flexibility index (Phi) is 11.0. The monoisotopic (exact) mass is 668 g/mol. The van der Waals surface area contributed by atoms with Gasteiger partial charge in [0.05, 0.1) is 11.4 Å². The van der Waals surface area contributed by atoms with Crippen molar-refractivity contribution in [3.63, 3.8) is 0 Å².